The van der Waals surface area contributed by atoms with Gasteiger partial charge in [-0.1, -0.05) is 13.0 Å². The van der Waals surface area contributed by atoms with Crippen LogP contribution in [0.25, 0.3) is 0 Å². The number of hydrogen-bond acceptors (Lipinski definition) is 4. The number of nitrogens with one attached hydrogen (secondary N) is 1. The fraction of sp³-hybridized carbons (Fsp3) is 0.455. The van der Waals surface area contributed by atoms with Crippen molar-refractivity contribution < 1.29 is 18.4 Å². The molecule has 0 saturated carbocycles. The number of halogens is 2. The van der Waals surface area contributed by atoms with Crippen molar-refractivity contribution in [1.82, 2.24) is 5.32 Å². The topological polar surface area (TPSA) is 64.4 Å². The maximum atomic E-state index is 12.1. The van der Waals surface area contributed by atoms with E-state index in [0.29, 0.717) is 12.1 Å². The van der Waals surface area contributed by atoms with Crippen LogP contribution in [0.5, 0.6) is 5.75 Å². The van der Waals surface area contributed by atoms with Gasteiger partial charge in [-0.05, 0) is 24.6 Å². The number of nitro groups is 1. The highest BCUT2D eigenvalue weighted by Gasteiger charge is 2.18. The molecule has 0 atom stereocenters. The molecule has 0 spiro atoms. The molecule has 0 heterocycles. The van der Waals surface area contributed by atoms with Gasteiger partial charge in [0.15, 0.2) is 0 Å². The average Bonchev–Trinajstić information content (AvgIpc) is 2.28. The van der Waals surface area contributed by atoms with Gasteiger partial charge in [0.25, 0.3) is 0 Å². The summed E-state index contributed by atoms with van der Waals surface area (Å²) in [6.45, 7) is 0.143. The third-order valence-electron chi connectivity index (χ3n) is 2.19. The van der Waals surface area contributed by atoms with Gasteiger partial charge in [-0.3, -0.25) is 10.1 Å². The van der Waals surface area contributed by atoms with Gasteiger partial charge in [-0.2, -0.15) is 8.78 Å². The van der Waals surface area contributed by atoms with Crippen molar-refractivity contribution in [3.05, 3.63) is 33.9 Å². The number of nitrogens with zero attached hydrogens (tertiary/aromatic N) is 1. The maximum absolute atomic E-state index is 12.1. The van der Waals surface area contributed by atoms with Crippen molar-refractivity contribution in [2.45, 2.75) is 26.5 Å². The summed E-state index contributed by atoms with van der Waals surface area (Å²) in [6.07, 6.45) is 0.938. The second kappa shape index (κ2) is 6.85. The molecule has 0 fully saturated rings. The zero-order valence-electron chi connectivity index (χ0n) is 9.86. The molecule has 0 radical (unpaired) electrons. The van der Waals surface area contributed by atoms with Gasteiger partial charge in [0.1, 0.15) is 0 Å². The highest BCUT2D eigenvalue weighted by molar-refractivity contribution is 5.48. The second-order valence-electron chi connectivity index (χ2n) is 3.61. The smallest absolute Gasteiger partial charge is 0.387 e. The van der Waals surface area contributed by atoms with Crippen LogP contribution in [0.1, 0.15) is 18.9 Å². The summed E-state index contributed by atoms with van der Waals surface area (Å²) in [5, 5.41) is 13.7. The van der Waals surface area contributed by atoms with Gasteiger partial charge < -0.3 is 10.1 Å². The molecule has 100 valence electrons. The quantitative estimate of drug-likeness (QED) is 0.465. The van der Waals surface area contributed by atoms with Gasteiger partial charge >= 0.3 is 12.3 Å². The Hall–Kier alpha value is -1.76. The number of benzene rings is 1. The predicted molar refractivity (Wildman–Crippen MR) is 61.7 cm³/mol. The van der Waals surface area contributed by atoms with Gasteiger partial charge in [0, 0.05) is 12.6 Å². The molecule has 1 aromatic rings. The van der Waals surface area contributed by atoms with Crippen molar-refractivity contribution in [2.24, 2.45) is 0 Å². The Morgan fingerprint density at radius 2 is 2.22 bits per heavy atom. The lowest BCUT2D eigenvalue weighted by molar-refractivity contribution is -0.386. The van der Waals surface area contributed by atoms with Crippen LogP contribution in [0.3, 0.4) is 0 Å². The molecular formula is C11H14F2N2O3. The monoisotopic (exact) mass is 260 g/mol. The lowest BCUT2D eigenvalue weighted by atomic mass is 10.2. The van der Waals surface area contributed by atoms with Crippen LogP contribution in [0.4, 0.5) is 14.5 Å². The minimum Gasteiger partial charge on any atom is -0.427 e. The molecule has 1 aromatic carbocycles. The fourth-order valence-electron chi connectivity index (χ4n) is 1.42. The summed E-state index contributed by atoms with van der Waals surface area (Å²) in [7, 11) is 0. The molecule has 7 heteroatoms. The summed E-state index contributed by atoms with van der Waals surface area (Å²) in [6, 6.07) is 3.94. The van der Waals surface area contributed by atoms with E-state index < -0.39 is 23.0 Å². The summed E-state index contributed by atoms with van der Waals surface area (Å²) < 4.78 is 28.4. The van der Waals surface area contributed by atoms with E-state index in [1.807, 2.05) is 6.92 Å². The van der Waals surface area contributed by atoms with E-state index in [4.69, 9.17) is 0 Å². The first-order valence-electron chi connectivity index (χ1n) is 5.47. The van der Waals surface area contributed by atoms with Crippen molar-refractivity contribution in [2.75, 3.05) is 6.54 Å². The van der Waals surface area contributed by atoms with E-state index in [1.165, 1.54) is 18.2 Å². The summed E-state index contributed by atoms with van der Waals surface area (Å²) in [4.78, 5) is 9.89. The van der Waals surface area contributed by atoms with E-state index in [0.717, 1.165) is 13.0 Å². The van der Waals surface area contributed by atoms with Crippen molar-refractivity contribution in [1.29, 1.82) is 0 Å². The molecule has 1 rings (SSSR count). The highest BCUT2D eigenvalue weighted by atomic mass is 19.3. The van der Waals surface area contributed by atoms with Gasteiger partial charge in [0.05, 0.1) is 4.92 Å². The minimum absolute atomic E-state index is 0.411. The lowest BCUT2D eigenvalue weighted by Crippen LogP contribution is -2.14. The number of nitro benzene ring substituents is 1. The predicted octanol–water partition coefficient (Wildman–Crippen LogP) is 2.70. The average molecular weight is 260 g/mol. The summed E-state index contributed by atoms with van der Waals surface area (Å²) in [5.41, 5.74) is 0.194. The van der Waals surface area contributed by atoms with Gasteiger partial charge in [-0.15, -0.1) is 0 Å². The molecule has 0 bridgehead atoms. The Kier molecular flexibility index (Phi) is 5.44. The summed E-state index contributed by atoms with van der Waals surface area (Å²) >= 11 is 0. The summed E-state index contributed by atoms with van der Waals surface area (Å²) in [5.74, 6) is -0.411. The van der Waals surface area contributed by atoms with Crippen LogP contribution in [0, 0.1) is 10.1 Å². The van der Waals surface area contributed by atoms with Gasteiger partial charge in [-0.25, -0.2) is 0 Å². The Morgan fingerprint density at radius 1 is 1.50 bits per heavy atom. The van der Waals surface area contributed by atoms with Crippen LogP contribution in [0.15, 0.2) is 18.2 Å². The lowest BCUT2D eigenvalue weighted by Gasteiger charge is -2.08. The van der Waals surface area contributed by atoms with Gasteiger partial charge in [0.2, 0.25) is 5.75 Å². The third-order valence-corrected chi connectivity index (χ3v) is 2.19. The standard InChI is InChI=1S/C11H14F2N2O3/c1-2-5-14-7-8-3-4-9(15(16)17)10(6-8)18-11(12)13/h3-4,6,11,14H,2,5,7H2,1H3. The first-order valence-corrected chi connectivity index (χ1v) is 5.47. The van der Waals surface area contributed by atoms with E-state index >= 15 is 0 Å². The number of alkyl halides is 2. The largest absolute Gasteiger partial charge is 0.427 e. The van der Waals surface area contributed by atoms with Crippen molar-refractivity contribution in [3.63, 3.8) is 0 Å². The Balaban J connectivity index is 2.87. The number of ether oxygens (including phenoxy) is 1. The molecule has 0 aliphatic heterocycles. The zero-order valence-corrected chi connectivity index (χ0v) is 9.86. The molecule has 0 saturated heterocycles. The normalized spacial score (nSPS) is 10.7. The molecule has 0 aliphatic rings. The van der Waals surface area contributed by atoms with E-state index in [1.54, 1.807) is 0 Å². The van der Waals surface area contributed by atoms with E-state index in [-0.39, 0.29) is 0 Å². The van der Waals surface area contributed by atoms with Crippen LogP contribution in [0.2, 0.25) is 0 Å². The van der Waals surface area contributed by atoms with E-state index in [2.05, 4.69) is 10.1 Å². The molecule has 0 unspecified atom stereocenters. The molecule has 18 heavy (non-hydrogen) atoms. The Bertz CT molecular complexity index is 413. The zero-order chi connectivity index (χ0) is 13.5. The molecular weight excluding hydrogens is 246 g/mol. The van der Waals surface area contributed by atoms with Crippen molar-refractivity contribution in [3.8, 4) is 5.75 Å². The molecule has 0 amide bonds. The van der Waals surface area contributed by atoms with Crippen molar-refractivity contribution >= 4 is 5.69 Å². The van der Waals surface area contributed by atoms with Crippen LogP contribution in [-0.4, -0.2) is 18.1 Å². The van der Waals surface area contributed by atoms with Crippen LogP contribution >= 0.6 is 0 Å². The second-order valence-corrected chi connectivity index (χ2v) is 3.61. The third kappa shape index (κ3) is 4.25. The SMILES string of the molecule is CCCNCc1ccc([N+](=O)[O-])c(OC(F)F)c1. The fourth-order valence-corrected chi connectivity index (χ4v) is 1.42. The molecule has 5 nitrogen and oxygen atoms in total. The maximum Gasteiger partial charge on any atom is 0.387 e. The first kappa shape index (κ1) is 14.3. The molecule has 1 N–H and O–H groups in total. The Labute approximate surface area is 103 Å². The number of rotatable bonds is 7. The number of hydrogen-bond donors (Lipinski definition) is 1. The minimum atomic E-state index is -3.08. The molecule has 0 aromatic heterocycles. The van der Waals surface area contributed by atoms with Crippen LogP contribution in [-0.2, 0) is 6.54 Å². The van der Waals surface area contributed by atoms with E-state index in [9.17, 15) is 18.9 Å². The Morgan fingerprint density at radius 3 is 2.78 bits per heavy atom. The molecule has 0 aliphatic carbocycles. The first-order chi connectivity index (χ1) is 8.54. The van der Waals surface area contributed by atoms with Crippen LogP contribution < -0.4 is 10.1 Å². The highest BCUT2D eigenvalue weighted by Crippen LogP contribution is 2.29.